The fraction of sp³-hybridized carbons (Fsp3) is 0.400. The van der Waals surface area contributed by atoms with E-state index in [2.05, 4.69) is 25.6 Å². The molecule has 0 spiro atoms. The summed E-state index contributed by atoms with van der Waals surface area (Å²) in [6.45, 7) is 5.18. The summed E-state index contributed by atoms with van der Waals surface area (Å²) in [5.74, 6) is 1.22. The average molecular weight is 302 g/mol. The lowest BCUT2D eigenvalue weighted by molar-refractivity contribution is 0.171. The van der Waals surface area contributed by atoms with Crippen molar-refractivity contribution >= 4 is 17.6 Å². The van der Waals surface area contributed by atoms with Gasteiger partial charge >= 0.3 is 0 Å². The van der Waals surface area contributed by atoms with Crippen molar-refractivity contribution < 1.29 is 4.74 Å². The lowest BCUT2D eigenvalue weighted by atomic mass is 10.2. The van der Waals surface area contributed by atoms with Crippen LogP contribution in [0.3, 0.4) is 0 Å². The second kappa shape index (κ2) is 7.67. The molecule has 0 amide bonds. The maximum Gasteiger partial charge on any atom is 0.232 e. The van der Waals surface area contributed by atoms with Crippen molar-refractivity contribution in [3.8, 4) is 0 Å². The second-order valence-corrected chi connectivity index (χ2v) is 5.16. The SMILES string of the molecule is COCC(C)NCc1nc(N)nc(Nc2ccc(C)cc2)n1. The molecule has 4 N–H and O–H groups in total. The quantitative estimate of drug-likeness (QED) is 0.715. The van der Waals surface area contributed by atoms with Crippen LogP contribution in [-0.4, -0.2) is 34.7 Å². The summed E-state index contributed by atoms with van der Waals surface area (Å²) < 4.78 is 5.08. The molecule has 0 saturated carbocycles. The fourth-order valence-corrected chi connectivity index (χ4v) is 1.91. The van der Waals surface area contributed by atoms with Crippen LogP contribution < -0.4 is 16.4 Å². The molecule has 2 rings (SSSR count). The maximum absolute atomic E-state index is 5.75. The topological polar surface area (TPSA) is 98.0 Å². The number of nitrogens with two attached hydrogens (primary N) is 1. The first-order valence-electron chi connectivity index (χ1n) is 7.13. The van der Waals surface area contributed by atoms with Gasteiger partial charge in [-0.15, -0.1) is 0 Å². The molecule has 1 atom stereocenters. The molecule has 22 heavy (non-hydrogen) atoms. The van der Waals surface area contributed by atoms with Crippen LogP contribution in [-0.2, 0) is 11.3 Å². The Morgan fingerprint density at radius 2 is 1.91 bits per heavy atom. The van der Waals surface area contributed by atoms with Crippen molar-refractivity contribution in [3.63, 3.8) is 0 Å². The number of nitrogens with one attached hydrogen (secondary N) is 2. The lowest BCUT2D eigenvalue weighted by Crippen LogP contribution is -2.30. The number of aromatic nitrogens is 3. The van der Waals surface area contributed by atoms with E-state index >= 15 is 0 Å². The van der Waals surface area contributed by atoms with Gasteiger partial charge in [-0.2, -0.15) is 15.0 Å². The summed E-state index contributed by atoms with van der Waals surface area (Å²) in [6, 6.07) is 8.17. The third-order valence-corrected chi connectivity index (χ3v) is 3.03. The van der Waals surface area contributed by atoms with Crippen LogP contribution in [0.2, 0.25) is 0 Å². The number of hydrogen-bond acceptors (Lipinski definition) is 7. The predicted molar refractivity (Wildman–Crippen MR) is 86.9 cm³/mol. The van der Waals surface area contributed by atoms with Gasteiger partial charge in [-0.3, -0.25) is 0 Å². The van der Waals surface area contributed by atoms with E-state index in [1.165, 1.54) is 5.56 Å². The van der Waals surface area contributed by atoms with Crippen molar-refractivity contribution in [1.82, 2.24) is 20.3 Å². The molecular weight excluding hydrogens is 280 g/mol. The van der Waals surface area contributed by atoms with Gasteiger partial charge in [0, 0.05) is 18.8 Å². The standard InChI is InChI=1S/C15H22N6O/c1-10-4-6-12(7-5-10)18-15-20-13(19-14(16)21-15)8-17-11(2)9-22-3/h4-7,11,17H,8-9H2,1-3H3,(H3,16,18,19,20,21). The Morgan fingerprint density at radius 1 is 1.18 bits per heavy atom. The van der Waals surface area contributed by atoms with Crippen molar-refractivity contribution in [2.24, 2.45) is 0 Å². The number of nitrogen functional groups attached to an aromatic ring is 1. The minimum absolute atomic E-state index is 0.195. The van der Waals surface area contributed by atoms with E-state index in [9.17, 15) is 0 Å². The minimum Gasteiger partial charge on any atom is -0.383 e. The van der Waals surface area contributed by atoms with Crippen LogP contribution in [0, 0.1) is 6.92 Å². The maximum atomic E-state index is 5.75. The Bertz CT molecular complexity index is 601. The minimum atomic E-state index is 0.195. The molecule has 1 aromatic carbocycles. The first-order valence-corrected chi connectivity index (χ1v) is 7.13. The molecule has 0 radical (unpaired) electrons. The third-order valence-electron chi connectivity index (χ3n) is 3.03. The van der Waals surface area contributed by atoms with Crippen LogP contribution in [0.1, 0.15) is 18.3 Å². The number of methoxy groups -OCH3 is 1. The van der Waals surface area contributed by atoms with Gasteiger partial charge in [0.05, 0.1) is 13.2 Å². The average Bonchev–Trinajstić information content (AvgIpc) is 2.47. The largest absolute Gasteiger partial charge is 0.383 e. The summed E-state index contributed by atoms with van der Waals surface area (Å²) in [5, 5.41) is 6.39. The highest BCUT2D eigenvalue weighted by molar-refractivity contribution is 5.54. The van der Waals surface area contributed by atoms with Crippen molar-refractivity contribution in [3.05, 3.63) is 35.7 Å². The van der Waals surface area contributed by atoms with E-state index in [0.717, 1.165) is 5.69 Å². The van der Waals surface area contributed by atoms with E-state index in [1.54, 1.807) is 7.11 Å². The Kier molecular flexibility index (Phi) is 5.62. The van der Waals surface area contributed by atoms with Gasteiger partial charge in [0.1, 0.15) is 5.82 Å². The number of benzene rings is 1. The first-order chi connectivity index (χ1) is 10.6. The highest BCUT2D eigenvalue weighted by atomic mass is 16.5. The fourth-order valence-electron chi connectivity index (χ4n) is 1.91. The van der Waals surface area contributed by atoms with Crippen LogP contribution in [0.4, 0.5) is 17.6 Å². The molecule has 0 fully saturated rings. The molecule has 118 valence electrons. The van der Waals surface area contributed by atoms with E-state index in [0.29, 0.717) is 24.9 Å². The third kappa shape index (κ3) is 4.94. The van der Waals surface area contributed by atoms with Gasteiger partial charge in [-0.1, -0.05) is 17.7 Å². The Hall–Kier alpha value is -2.25. The van der Waals surface area contributed by atoms with E-state index < -0.39 is 0 Å². The molecular formula is C15H22N6O. The zero-order chi connectivity index (χ0) is 15.9. The number of nitrogens with zero attached hydrogens (tertiary/aromatic N) is 3. The molecule has 0 bridgehead atoms. The van der Waals surface area contributed by atoms with Gasteiger partial charge in [0.15, 0.2) is 0 Å². The number of aryl methyl sites for hydroxylation is 1. The molecule has 0 saturated heterocycles. The molecule has 2 aromatic rings. The summed E-state index contributed by atoms with van der Waals surface area (Å²) in [6.07, 6.45) is 0. The van der Waals surface area contributed by atoms with Gasteiger partial charge in [0.2, 0.25) is 11.9 Å². The highest BCUT2D eigenvalue weighted by Gasteiger charge is 2.07. The molecule has 0 aliphatic heterocycles. The normalized spacial score (nSPS) is 12.1. The highest BCUT2D eigenvalue weighted by Crippen LogP contribution is 2.14. The Balaban J connectivity index is 2.04. The van der Waals surface area contributed by atoms with Gasteiger partial charge in [0.25, 0.3) is 0 Å². The van der Waals surface area contributed by atoms with Crippen molar-refractivity contribution in [2.45, 2.75) is 26.4 Å². The molecule has 1 unspecified atom stereocenters. The van der Waals surface area contributed by atoms with Gasteiger partial charge < -0.3 is 21.1 Å². The van der Waals surface area contributed by atoms with Crippen LogP contribution in [0.15, 0.2) is 24.3 Å². The van der Waals surface area contributed by atoms with E-state index in [-0.39, 0.29) is 12.0 Å². The molecule has 7 heteroatoms. The monoisotopic (exact) mass is 302 g/mol. The van der Waals surface area contributed by atoms with E-state index in [4.69, 9.17) is 10.5 Å². The van der Waals surface area contributed by atoms with Gasteiger partial charge in [-0.25, -0.2) is 0 Å². The molecule has 1 heterocycles. The number of hydrogen-bond donors (Lipinski definition) is 3. The number of ether oxygens (including phenoxy) is 1. The summed E-state index contributed by atoms with van der Waals surface area (Å²) in [7, 11) is 1.67. The van der Waals surface area contributed by atoms with Gasteiger partial charge in [-0.05, 0) is 26.0 Å². The summed E-state index contributed by atoms with van der Waals surface area (Å²) in [5.41, 5.74) is 7.85. The predicted octanol–water partition coefficient (Wildman–Crippen LogP) is 1.63. The Morgan fingerprint density at radius 3 is 2.59 bits per heavy atom. The van der Waals surface area contributed by atoms with Crippen LogP contribution in [0.5, 0.6) is 0 Å². The second-order valence-electron chi connectivity index (χ2n) is 5.16. The van der Waals surface area contributed by atoms with E-state index in [1.807, 2.05) is 38.1 Å². The summed E-state index contributed by atoms with van der Waals surface area (Å²) in [4.78, 5) is 12.6. The number of rotatable bonds is 7. The zero-order valence-electron chi connectivity index (χ0n) is 13.1. The summed E-state index contributed by atoms with van der Waals surface area (Å²) >= 11 is 0. The molecule has 1 aromatic heterocycles. The molecule has 0 aliphatic carbocycles. The number of anilines is 3. The smallest absolute Gasteiger partial charge is 0.232 e. The van der Waals surface area contributed by atoms with Crippen molar-refractivity contribution in [2.75, 3.05) is 24.8 Å². The molecule has 0 aliphatic rings. The van der Waals surface area contributed by atoms with Crippen molar-refractivity contribution in [1.29, 1.82) is 0 Å². The zero-order valence-corrected chi connectivity index (χ0v) is 13.1. The molecule has 7 nitrogen and oxygen atoms in total. The first kappa shape index (κ1) is 16.1. The van der Waals surface area contributed by atoms with Crippen LogP contribution in [0.25, 0.3) is 0 Å². The Labute approximate surface area is 130 Å². The van der Waals surface area contributed by atoms with Crippen LogP contribution >= 0.6 is 0 Å². The lowest BCUT2D eigenvalue weighted by Gasteiger charge is -2.12.